The number of anilines is 1. The number of nitrogens with one attached hydrogen (secondary N) is 3. The van der Waals surface area contributed by atoms with E-state index in [0.29, 0.717) is 18.6 Å². The van der Waals surface area contributed by atoms with Crippen LogP contribution in [0.4, 0.5) is 10.5 Å². The van der Waals surface area contributed by atoms with Gasteiger partial charge in [-0.1, -0.05) is 18.6 Å². The Bertz CT molecular complexity index is 433. The highest BCUT2D eigenvalue weighted by molar-refractivity contribution is 5.89. The maximum Gasteiger partial charge on any atom is 0.319 e. The number of amides is 2. The number of rotatable bonds is 3. The van der Waals surface area contributed by atoms with Crippen LogP contribution in [-0.4, -0.2) is 24.7 Å². The van der Waals surface area contributed by atoms with Crippen molar-refractivity contribution in [3.63, 3.8) is 0 Å². The second-order valence-corrected chi connectivity index (χ2v) is 5.40. The quantitative estimate of drug-likeness (QED) is 0.783. The standard InChI is InChI=1S/C15H23N3O/c1-11-5-3-7-13(9-11)18-15(19)16-10-14-8-4-6-12(2)17-14/h3,5,7,9,12,14,17H,4,6,8,10H2,1-2H3,(H2,16,18,19). The summed E-state index contributed by atoms with van der Waals surface area (Å²) in [5.41, 5.74) is 1.98. The molecule has 1 saturated heterocycles. The maximum absolute atomic E-state index is 11.8. The second-order valence-electron chi connectivity index (χ2n) is 5.40. The third-order valence-corrected chi connectivity index (χ3v) is 3.49. The molecule has 3 N–H and O–H groups in total. The van der Waals surface area contributed by atoms with Crippen molar-refractivity contribution in [3.8, 4) is 0 Å². The second kappa shape index (κ2) is 6.57. The average molecular weight is 261 g/mol. The van der Waals surface area contributed by atoms with E-state index in [-0.39, 0.29) is 6.03 Å². The van der Waals surface area contributed by atoms with Crippen LogP contribution < -0.4 is 16.0 Å². The van der Waals surface area contributed by atoms with Gasteiger partial charge in [-0.2, -0.15) is 0 Å². The Labute approximate surface area is 115 Å². The fraction of sp³-hybridized carbons (Fsp3) is 0.533. The Kier molecular flexibility index (Phi) is 4.80. The van der Waals surface area contributed by atoms with Crippen molar-refractivity contribution >= 4 is 11.7 Å². The smallest absolute Gasteiger partial charge is 0.319 e. The minimum atomic E-state index is -0.134. The Morgan fingerprint density at radius 1 is 1.42 bits per heavy atom. The van der Waals surface area contributed by atoms with E-state index in [0.717, 1.165) is 17.7 Å². The summed E-state index contributed by atoms with van der Waals surface area (Å²) in [4.78, 5) is 11.8. The van der Waals surface area contributed by atoms with Gasteiger partial charge >= 0.3 is 6.03 Å². The third-order valence-electron chi connectivity index (χ3n) is 3.49. The van der Waals surface area contributed by atoms with Crippen LogP contribution in [0.15, 0.2) is 24.3 Å². The monoisotopic (exact) mass is 261 g/mol. The highest BCUT2D eigenvalue weighted by atomic mass is 16.2. The number of hydrogen-bond acceptors (Lipinski definition) is 2. The Balaban J connectivity index is 1.75. The van der Waals surface area contributed by atoms with E-state index in [1.165, 1.54) is 12.8 Å². The molecule has 2 atom stereocenters. The van der Waals surface area contributed by atoms with Crippen molar-refractivity contribution in [1.82, 2.24) is 10.6 Å². The molecule has 104 valence electrons. The number of carbonyl (C=O) groups excluding carboxylic acids is 1. The first kappa shape index (κ1) is 13.9. The molecular formula is C15H23N3O. The third kappa shape index (κ3) is 4.56. The summed E-state index contributed by atoms with van der Waals surface area (Å²) < 4.78 is 0. The molecule has 1 aromatic rings. The van der Waals surface area contributed by atoms with E-state index in [4.69, 9.17) is 0 Å². The predicted molar refractivity (Wildman–Crippen MR) is 78.4 cm³/mol. The summed E-state index contributed by atoms with van der Waals surface area (Å²) in [5, 5.41) is 9.29. The summed E-state index contributed by atoms with van der Waals surface area (Å²) in [6.07, 6.45) is 3.60. The molecule has 0 bridgehead atoms. The number of aryl methyl sites for hydroxylation is 1. The topological polar surface area (TPSA) is 53.2 Å². The highest BCUT2D eigenvalue weighted by Gasteiger charge is 2.17. The summed E-state index contributed by atoms with van der Waals surface area (Å²) in [5.74, 6) is 0. The van der Waals surface area contributed by atoms with Crippen LogP contribution in [0.2, 0.25) is 0 Å². The molecule has 2 unspecified atom stereocenters. The molecule has 2 amide bonds. The molecule has 4 nitrogen and oxygen atoms in total. The van der Waals surface area contributed by atoms with Gasteiger partial charge in [-0.05, 0) is 44.4 Å². The van der Waals surface area contributed by atoms with Crippen LogP contribution in [0.25, 0.3) is 0 Å². The van der Waals surface area contributed by atoms with Crippen molar-refractivity contribution in [2.24, 2.45) is 0 Å². The van der Waals surface area contributed by atoms with Gasteiger partial charge in [-0.3, -0.25) is 0 Å². The van der Waals surface area contributed by atoms with Crippen molar-refractivity contribution in [2.75, 3.05) is 11.9 Å². The lowest BCUT2D eigenvalue weighted by Crippen LogP contribution is -2.47. The number of piperidine rings is 1. The van der Waals surface area contributed by atoms with E-state index in [1.54, 1.807) is 0 Å². The number of hydrogen-bond donors (Lipinski definition) is 3. The van der Waals surface area contributed by atoms with Gasteiger partial charge in [-0.15, -0.1) is 0 Å². The molecule has 4 heteroatoms. The molecule has 19 heavy (non-hydrogen) atoms. The van der Waals surface area contributed by atoms with Gasteiger partial charge in [0.15, 0.2) is 0 Å². The number of urea groups is 1. The molecule has 0 aromatic heterocycles. The van der Waals surface area contributed by atoms with Crippen molar-refractivity contribution in [1.29, 1.82) is 0 Å². The SMILES string of the molecule is Cc1cccc(NC(=O)NCC2CCCC(C)N2)c1. The lowest BCUT2D eigenvalue weighted by Gasteiger charge is -2.28. The van der Waals surface area contributed by atoms with Crippen molar-refractivity contribution in [2.45, 2.75) is 45.2 Å². The van der Waals surface area contributed by atoms with Gasteiger partial charge in [0.05, 0.1) is 0 Å². The summed E-state index contributed by atoms with van der Waals surface area (Å²) in [7, 11) is 0. The van der Waals surface area contributed by atoms with Crippen LogP contribution in [0.3, 0.4) is 0 Å². The molecule has 0 aliphatic carbocycles. The molecule has 1 heterocycles. The van der Waals surface area contributed by atoms with E-state index in [9.17, 15) is 4.79 Å². The zero-order chi connectivity index (χ0) is 13.7. The number of carbonyl (C=O) groups is 1. The molecule has 1 aliphatic heterocycles. The summed E-state index contributed by atoms with van der Waals surface area (Å²) in [6.45, 7) is 4.89. The maximum atomic E-state index is 11.8. The minimum Gasteiger partial charge on any atom is -0.336 e. The van der Waals surface area contributed by atoms with Crippen LogP contribution >= 0.6 is 0 Å². The largest absolute Gasteiger partial charge is 0.336 e. The minimum absolute atomic E-state index is 0.134. The van der Waals surface area contributed by atoms with E-state index in [2.05, 4.69) is 22.9 Å². The van der Waals surface area contributed by atoms with Crippen LogP contribution in [0, 0.1) is 6.92 Å². The van der Waals surface area contributed by atoms with E-state index < -0.39 is 0 Å². The van der Waals surface area contributed by atoms with Crippen LogP contribution in [0.1, 0.15) is 31.7 Å². The first-order valence-electron chi connectivity index (χ1n) is 7.01. The summed E-state index contributed by atoms with van der Waals surface area (Å²) >= 11 is 0. The fourth-order valence-electron chi connectivity index (χ4n) is 2.51. The summed E-state index contributed by atoms with van der Waals surface area (Å²) in [6, 6.07) is 8.62. The molecule has 1 fully saturated rings. The molecular weight excluding hydrogens is 238 g/mol. The molecule has 1 aliphatic rings. The average Bonchev–Trinajstić information content (AvgIpc) is 2.36. The first-order chi connectivity index (χ1) is 9.13. The predicted octanol–water partition coefficient (Wildman–Crippen LogP) is 2.65. The lowest BCUT2D eigenvalue weighted by atomic mass is 10.00. The highest BCUT2D eigenvalue weighted by Crippen LogP contribution is 2.12. The Hall–Kier alpha value is -1.55. The zero-order valence-electron chi connectivity index (χ0n) is 11.7. The molecule has 0 spiro atoms. The van der Waals surface area contributed by atoms with Gasteiger partial charge in [-0.25, -0.2) is 4.79 Å². The van der Waals surface area contributed by atoms with Gasteiger partial charge < -0.3 is 16.0 Å². The van der Waals surface area contributed by atoms with E-state index >= 15 is 0 Å². The van der Waals surface area contributed by atoms with Crippen molar-refractivity contribution < 1.29 is 4.79 Å². The molecule has 0 radical (unpaired) electrons. The molecule has 2 rings (SSSR count). The first-order valence-corrected chi connectivity index (χ1v) is 7.01. The zero-order valence-corrected chi connectivity index (χ0v) is 11.7. The Morgan fingerprint density at radius 2 is 2.26 bits per heavy atom. The van der Waals surface area contributed by atoms with Crippen LogP contribution in [0.5, 0.6) is 0 Å². The van der Waals surface area contributed by atoms with Gasteiger partial charge in [0.2, 0.25) is 0 Å². The normalized spacial score (nSPS) is 22.8. The Morgan fingerprint density at radius 3 is 3.00 bits per heavy atom. The number of benzene rings is 1. The van der Waals surface area contributed by atoms with Gasteiger partial charge in [0, 0.05) is 24.3 Å². The van der Waals surface area contributed by atoms with Gasteiger partial charge in [0.1, 0.15) is 0 Å². The van der Waals surface area contributed by atoms with Gasteiger partial charge in [0.25, 0.3) is 0 Å². The van der Waals surface area contributed by atoms with E-state index in [1.807, 2.05) is 31.2 Å². The molecule has 0 saturated carbocycles. The molecule has 1 aromatic carbocycles. The fourth-order valence-corrected chi connectivity index (χ4v) is 2.51. The van der Waals surface area contributed by atoms with Crippen molar-refractivity contribution in [3.05, 3.63) is 29.8 Å². The lowest BCUT2D eigenvalue weighted by molar-refractivity contribution is 0.248. The van der Waals surface area contributed by atoms with Crippen LogP contribution in [-0.2, 0) is 0 Å².